The third-order valence-electron chi connectivity index (χ3n) is 4.32. The van der Waals surface area contributed by atoms with Crippen molar-refractivity contribution in [3.8, 4) is 0 Å². The summed E-state index contributed by atoms with van der Waals surface area (Å²) in [5.41, 5.74) is 2.29. The van der Waals surface area contributed by atoms with Crippen molar-refractivity contribution in [2.45, 2.75) is 40.3 Å². The number of halogens is 1. The van der Waals surface area contributed by atoms with Crippen molar-refractivity contribution >= 4 is 29.4 Å². The van der Waals surface area contributed by atoms with Crippen molar-refractivity contribution in [3.05, 3.63) is 51.8 Å². The van der Waals surface area contributed by atoms with Crippen LogP contribution in [0, 0.1) is 13.8 Å². The quantitative estimate of drug-likeness (QED) is 0.636. The molecule has 0 saturated carbocycles. The molecule has 0 saturated heterocycles. The summed E-state index contributed by atoms with van der Waals surface area (Å²) < 4.78 is 6.79. The van der Waals surface area contributed by atoms with E-state index in [4.69, 9.17) is 16.3 Å². The van der Waals surface area contributed by atoms with Crippen LogP contribution in [-0.4, -0.2) is 46.8 Å². The molecule has 0 aliphatic heterocycles. The van der Waals surface area contributed by atoms with Gasteiger partial charge in [-0.1, -0.05) is 29.8 Å². The molecule has 0 aliphatic rings. The number of esters is 1. The number of benzene rings is 1. The molecule has 2 N–H and O–H groups in total. The van der Waals surface area contributed by atoms with E-state index in [9.17, 15) is 14.4 Å². The van der Waals surface area contributed by atoms with Crippen molar-refractivity contribution in [1.82, 2.24) is 20.4 Å². The Morgan fingerprint density at radius 1 is 1.24 bits per heavy atom. The van der Waals surface area contributed by atoms with E-state index < -0.39 is 24.5 Å². The number of likely N-dealkylation sites (N-methyl/N-ethyl adjacent to an activating group) is 1. The third kappa shape index (κ3) is 5.80. The van der Waals surface area contributed by atoms with E-state index >= 15 is 0 Å². The first-order chi connectivity index (χ1) is 13.7. The van der Waals surface area contributed by atoms with Gasteiger partial charge in [0, 0.05) is 11.6 Å². The van der Waals surface area contributed by atoms with Crippen LogP contribution in [-0.2, 0) is 20.9 Å². The van der Waals surface area contributed by atoms with E-state index in [0.29, 0.717) is 35.1 Å². The second-order valence-electron chi connectivity index (χ2n) is 6.55. The molecule has 2 rings (SSSR count). The number of carbonyl (C=O) groups is 3. The van der Waals surface area contributed by atoms with Gasteiger partial charge in [-0.15, -0.1) is 0 Å². The lowest BCUT2D eigenvalue weighted by Crippen LogP contribution is -2.46. The number of hydrogen-bond acceptors (Lipinski definition) is 5. The fourth-order valence-electron chi connectivity index (χ4n) is 2.81. The summed E-state index contributed by atoms with van der Waals surface area (Å²) in [6, 6.07) is 6.67. The number of ether oxygens (including phenoxy) is 1. The standard InChI is InChI=1S/C20H25ClN4O4/c1-5-22-19(27)13(3)23-17(26)11-29-20(28)18-12(2)24-25(14(18)4)10-15-8-6-7-9-16(15)21/h6-9,13H,5,10-11H2,1-4H3,(H,22,27)(H,23,26)/t13-/m0/s1. The zero-order valence-electron chi connectivity index (χ0n) is 16.9. The van der Waals surface area contributed by atoms with Crippen LogP contribution in [0.25, 0.3) is 0 Å². The van der Waals surface area contributed by atoms with Crippen molar-refractivity contribution < 1.29 is 19.1 Å². The Morgan fingerprint density at radius 3 is 2.59 bits per heavy atom. The van der Waals surface area contributed by atoms with E-state index in [0.717, 1.165) is 5.56 Å². The Bertz CT molecular complexity index is 910. The lowest BCUT2D eigenvalue weighted by molar-refractivity contribution is -0.130. The Hall–Kier alpha value is -2.87. The molecule has 29 heavy (non-hydrogen) atoms. The highest BCUT2D eigenvalue weighted by Gasteiger charge is 2.22. The van der Waals surface area contributed by atoms with E-state index in [1.807, 2.05) is 18.2 Å². The largest absolute Gasteiger partial charge is 0.452 e. The summed E-state index contributed by atoms with van der Waals surface area (Å²) >= 11 is 6.20. The molecule has 2 aromatic rings. The van der Waals surface area contributed by atoms with E-state index in [1.54, 1.807) is 38.4 Å². The smallest absolute Gasteiger partial charge is 0.342 e. The van der Waals surface area contributed by atoms with Gasteiger partial charge in [-0.2, -0.15) is 5.10 Å². The molecule has 1 atom stereocenters. The van der Waals surface area contributed by atoms with Crippen molar-refractivity contribution in [1.29, 1.82) is 0 Å². The maximum Gasteiger partial charge on any atom is 0.342 e. The highest BCUT2D eigenvalue weighted by atomic mass is 35.5. The Morgan fingerprint density at radius 2 is 1.93 bits per heavy atom. The molecule has 2 amide bonds. The molecule has 1 aromatic heterocycles. The van der Waals surface area contributed by atoms with Crippen molar-refractivity contribution in [3.63, 3.8) is 0 Å². The van der Waals surface area contributed by atoms with Crippen LogP contribution in [0.2, 0.25) is 5.02 Å². The Kier molecular flexibility index (Phi) is 7.78. The minimum absolute atomic E-state index is 0.306. The van der Waals surface area contributed by atoms with Gasteiger partial charge in [-0.05, 0) is 39.3 Å². The van der Waals surface area contributed by atoms with Gasteiger partial charge in [0.15, 0.2) is 6.61 Å². The monoisotopic (exact) mass is 420 g/mol. The molecule has 1 aromatic carbocycles. The lowest BCUT2D eigenvalue weighted by Gasteiger charge is -2.13. The van der Waals surface area contributed by atoms with Gasteiger partial charge in [-0.25, -0.2) is 4.79 Å². The SMILES string of the molecule is CCNC(=O)[C@H](C)NC(=O)COC(=O)c1c(C)nn(Cc2ccccc2Cl)c1C. The van der Waals surface area contributed by atoms with Gasteiger partial charge in [0.25, 0.3) is 5.91 Å². The molecule has 0 radical (unpaired) electrons. The zero-order chi connectivity index (χ0) is 21.6. The summed E-state index contributed by atoms with van der Waals surface area (Å²) in [6.07, 6.45) is 0. The maximum atomic E-state index is 12.5. The first kappa shape index (κ1) is 22.4. The van der Waals surface area contributed by atoms with Gasteiger partial charge >= 0.3 is 5.97 Å². The fraction of sp³-hybridized carbons (Fsp3) is 0.400. The zero-order valence-corrected chi connectivity index (χ0v) is 17.7. The van der Waals surface area contributed by atoms with Gasteiger partial charge in [0.05, 0.1) is 17.9 Å². The molecule has 0 aliphatic carbocycles. The number of nitrogens with zero attached hydrogens (tertiary/aromatic N) is 2. The summed E-state index contributed by atoms with van der Waals surface area (Å²) in [5, 5.41) is 10.1. The second-order valence-corrected chi connectivity index (χ2v) is 6.96. The minimum atomic E-state index is -0.719. The molecule has 0 fully saturated rings. The van der Waals surface area contributed by atoms with Gasteiger partial charge < -0.3 is 15.4 Å². The summed E-state index contributed by atoms with van der Waals surface area (Å²) in [7, 11) is 0. The first-order valence-corrected chi connectivity index (χ1v) is 9.64. The number of nitrogens with one attached hydrogen (secondary N) is 2. The predicted molar refractivity (Wildman–Crippen MR) is 109 cm³/mol. The van der Waals surface area contributed by atoms with Crippen LogP contribution < -0.4 is 10.6 Å². The van der Waals surface area contributed by atoms with Crippen LogP contribution in [0.3, 0.4) is 0 Å². The Labute approximate surface area is 174 Å². The van der Waals surface area contributed by atoms with Crippen molar-refractivity contribution in [2.24, 2.45) is 0 Å². The van der Waals surface area contributed by atoms with Crippen LogP contribution in [0.4, 0.5) is 0 Å². The number of aromatic nitrogens is 2. The van der Waals surface area contributed by atoms with E-state index in [-0.39, 0.29) is 5.91 Å². The summed E-state index contributed by atoms with van der Waals surface area (Å²) in [4.78, 5) is 36.1. The molecule has 156 valence electrons. The normalized spacial score (nSPS) is 11.6. The fourth-order valence-corrected chi connectivity index (χ4v) is 3.01. The number of hydrogen-bond donors (Lipinski definition) is 2. The van der Waals surface area contributed by atoms with Crippen LogP contribution in [0.1, 0.15) is 41.2 Å². The summed E-state index contributed by atoms with van der Waals surface area (Å²) in [6.45, 7) is 7.17. The molecular formula is C20H25ClN4O4. The minimum Gasteiger partial charge on any atom is -0.452 e. The average molecular weight is 421 g/mol. The average Bonchev–Trinajstić information content (AvgIpc) is 2.95. The molecule has 9 heteroatoms. The van der Waals surface area contributed by atoms with Gasteiger partial charge in [-0.3, -0.25) is 14.3 Å². The Balaban J connectivity index is 2.01. The number of rotatable bonds is 8. The van der Waals surface area contributed by atoms with E-state index in [1.165, 1.54) is 0 Å². The molecular weight excluding hydrogens is 396 g/mol. The first-order valence-electron chi connectivity index (χ1n) is 9.26. The number of carbonyl (C=O) groups excluding carboxylic acids is 3. The molecule has 1 heterocycles. The highest BCUT2D eigenvalue weighted by molar-refractivity contribution is 6.31. The summed E-state index contributed by atoms with van der Waals surface area (Å²) in [5.74, 6) is -1.51. The van der Waals surface area contributed by atoms with E-state index in [2.05, 4.69) is 15.7 Å². The van der Waals surface area contributed by atoms with Crippen molar-refractivity contribution in [2.75, 3.05) is 13.2 Å². The third-order valence-corrected chi connectivity index (χ3v) is 4.69. The molecule has 8 nitrogen and oxygen atoms in total. The van der Waals surface area contributed by atoms with Crippen LogP contribution in [0.15, 0.2) is 24.3 Å². The van der Waals surface area contributed by atoms with Crippen LogP contribution >= 0.6 is 11.6 Å². The maximum absolute atomic E-state index is 12.5. The predicted octanol–water partition coefficient (Wildman–Crippen LogP) is 2.00. The van der Waals surface area contributed by atoms with Gasteiger partial charge in [0.1, 0.15) is 11.6 Å². The lowest BCUT2D eigenvalue weighted by atomic mass is 10.2. The van der Waals surface area contributed by atoms with Crippen LogP contribution in [0.5, 0.6) is 0 Å². The van der Waals surface area contributed by atoms with Gasteiger partial charge in [0.2, 0.25) is 5.91 Å². The highest BCUT2D eigenvalue weighted by Crippen LogP contribution is 2.20. The topological polar surface area (TPSA) is 102 Å². The molecule has 0 unspecified atom stereocenters. The number of amides is 2. The number of aryl methyl sites for hydroxylation is 1. The molecule has 0 spiro atoms. The second kappa shape index (κ2) is 10.1. The molecule has 0 bridgehead atoms.